The molecule has 6 heterocycles. The summed E-state index contributed by atoms with van der Waals surface area (Å²) in [6.45, 7) is 9.17. The Kier molecular flexibility index (Phi) is 15.4. The second-order valence-electron chi connectivity index (χ2n) is 20.2. The molecule has 6 aromatic carbocycles. The van der Waals surface area contributed by atoms with Gasteiger partial charge in [0.1, 0.15) is 0 Å². The van der Waals surface area contributed by atoms with E-state index in [0.717, 1.165) is 67.3 Å². The Morgan fingerprint density at radius 3 is 1.17 bits per heavy atom. The van der Waals surface area contributed by atoms with Crippen LogP contribution in [0.4, 0.5) is 11.6 Å². The van der Waals surface area contributed by atoms with Gasteiger partial charge in [0.15, 0.2) is 0 Å². The Morgan fingerprint density at radius 1 is 0.395 bits per heavy atom. The van der Waals surface area contributed by atoms with E-state index < -0.39 is 0 Å². The van der Waals surface area contributed by atoms with E-state index in [1.807, 2.05) is 135 Å². The number of nitrogens with zero attached hydrogens (tertiary/aromatic N) is 8. The molecule has 0 spiro atoms. The summed E-state index contributed by atoms with van der Waals surface area (Å²) in [5, 5.41) is 4.60. The monoisotopic (exact) mass is 1350 g/mol. The fraction of sp³-hybridized carbons (Fsp3) is 0.152. The Hall–Kier alpha value is -7.50. The SMILES string of the molecule is CC1(C)c2ccccc2-c2c[c-]c(-c3ccccn3)cc21.CC1(C)c2ccccc2-c2c[c-]c(-c3ccccn3)cc21.CN(C)c1ccc2c(n1)[n-]c1ccccc12.CN(C)c1ccc2c(n1)[n-]c1ccccc12.[Pt+2].[Pt+2]. The maximum absolute atomic E-state index is 4.53. The van der Waals surface area contributed by atoms with Crippen LogP contribution in [0, 0.1) is 12.1 Å². The van der Waals surface area contributed by atoms with E-state index >= 15 is 0 Å². The van der Waals surface area contributed by atoms with E-state index in [-0.39, 0.29) is 53.0 Å². The van der Waals surface area contributed by atoms with Crippen molar-refractivity contribution in [2.45, 2.75) is 38.5 Å². The Bertz CT molecular complexity index is 3730. The molecule has 0 unspecified atom stereocenters. The number of pyridine rings is 4. The molecule has 0 aliphatic heterocycles. The smallest absolute Gasteiger partial charge is 0.435 e. The van der Waals surface area contributed by atoms with E-state index in [1.54, 1.807) is 0 Å². The van der Waals surface area contributed by atoms with E-state index in [2.05, 4.69) is 167 Å². The number of anilines is 2. The van der Waals surface area contributed by atoms with Crippen LogP contribution in [-0.2, 0) is 53.0 Å². The molecule has 14 rings (SSSR count). The summed E-state index contributed by atoms with van der Waals surface area (Å²) in [6, 6.07) is 69.4. The topological polar surface area (TPSA) is 86.2 Å². The van der Waals surface area contributed by atoms with Crippen molar-refractivity contribution in [3.8, 4) is 44.8 Å². The summed E-state index contributed by atoms with van der Waals surface area (Å²) < 4.78 is 0. The molecule has 0 amide bonds. The normalized spacial score (nSPS) is 12.7. The van der Waals surface area contributed by atoms with E-state index in [9.17, 15) is 0 Å². The maximum Gasteiger partial charge on any atom is 2.00 e. The first kappa shape index (κ1) is 53.3. The van der Waals surface area contributed by atoms with Crippen molar-refractivity contribution in [3.63, 3.8) is 0 Å². The first-order valence-corrected chi connectivity index (χ1v) is 25.0. The number of fused-ring (bicyclic) bond motifs is 12. The minimum atomic E-state index is 0. The molecule has 0 saturated heterocycles. The number of benzene rings is 6. The molecule has 0 radical (unpaired) electrons. The number of aromatic nitrogens is 6. The van der Waals surface area contributed by atoms with Crippen molar-refractivity contribution in [2.75, 3.05) is 38.0 Å². The van der Waals surface area contributed by atoms with Crippen molar-refractivity contribution in [1.82, 2.24) is 29.9 Å². The molecule has 0 N–H and O–H groups in total. The van der Waals surface area contributed by atoms with E-state index in [1.165, 1.54) is 55.3 Å². The van der Waals surface area contributed by atoms with Crippen molar-refractivity contribution in [1.29, 1.82) is 0 Å². The van der Waals surface area contributed by atoms with Crippen molar-refractivity contribution in [3.05, 3.63) is 229 Å². The zero-order valence-corrected chi connectivity index (χ0v) is 48.2. The zero-order chi connectivity index (χ0) is 51.1. The van der Waals surface area contributed by atoms with Gasteiger partial charge in [-0.25, -0.2) is 0 Å². The quantitative estimate of drug-likeness (QED) is 0.161. The first-order chi connectivity index (χ1) is 35.9. The van der Waals surface area contributed by atoms with Gasteiger partial charge in [0.25, 0.3) is 0 Å². The van der Waals surface area contributed by atoms with Crippen LogP contribution >= 0.6 is 0 Å². The molecule has 76 heavy (non-hydrogen) atoms. The largest absolute Gasteiger partial charge is 2.00 e. The molecule has 12 aromatic rings. The van der Waals surface area contributed by atoms with Crippen LogP contribution in [0.3, 0.4) is 0 Å². The minimum Gasteiger partial charge on any atom is -0.435 e. The number of hydrogen-bond donors (Lipinski definition) is 0. The van der Waals surface area contributed by atoms with Crippen LogP contribution in [0.5, 0.6) is 0 Å². The molecule has 0 bridgehead atoms. The van der Waals surface area contributed by atoms with Crippen LogP contribution in [-0.4, -0.2) is 48.1 Å². The predicted molar refractivity (Wildman–Crippen MR) is 306 cm³/mol. The van der Waals surface area contributed by atoms with Gasteiger partial charge in [0.05, 0.1) is 0 Å². The van der Waals surface area contributed by atoms with Gasteiger partial charge in [0.2, 0.25) is 0 Å². The Labute approximate surface area is 474 Å². The maximum atomic E-state index is 4.53. The molecular formula is C66H56N8Pt2. The zero-order valence-electron chi connectivity index (χ0n) is 43.7. The average Bonchev–Trinajstić information content (AvgIpc) is 4.15. The average molecular weight is 1350 g/mol. The number of para-hydroxylation sites is 2. The molecular weight excluding hydrogens is 1290 g/mol. The summed E-state index contributed by atoms with van der Waals surface area (Å²) in [5.41, 5.74) is 18.6. The van der Waals surface area contributed by atoms with Gasteiger partial charge in [-0.05, 0) is 101 Å². The van der Waals surface area contributed by atoms with Crippen molar-refractivity contribution >= 4 is 55.5 Å². The van der Waals surface area contributed by atoms with Gasteiger partial charge in [-0.3, -0.25) is 0 Å². The molecule has 0 atom stereocenters. The van der Waals surface area contributed by atoms with E-state index in [4.69, 9.17) is 0 Å². The second kappa shape index (κ2) is 22.0. The molecule has 2 aliphatic rings. The predicted octanol–water partition coefficient (Wildman–Crippen LogP) is 14.5. The molecule has 380 valence electrons. The van der Waals surface area contributed by atoms with Gasteiger partial charge >= 0.3 is 42.1 Å². The summed E-state index contributed by atoms with van der Waals surface area (Å²) in [7, 11) is 7.93. The summed E-state index contributed by atoms with van der Waals surface area (Å²) in [4.78, 5) is 30.9. The third kappa shape index (κ3) is 10.0. The van der Waals surface area contributed by atoms with Gasteiger partial charge < -0.3 is 39.7 Å². The summed E-state index contributed by atoms with van der Waals surface area (Å²) in [6.07, 6.45) is 3.66. The van der Waals surface area contributed by atoms with E-state index in [0.29, 0.717) is 0 Å². The standard InChI is InChI=1S/2C20H16N.2C13H12N3.2Pt/c2*1-20(2)17-8-4-3-7-15(17)16-11-10-14(13-18(16)20)19-9-5-6-12-21-19;2*1-16(2)12-8-7-10-9-5-3-4-6-11(9)14-13(10)15-12;;/h2*3-9,11-13H,1-2H3;2*3-8H,1-2H3;;/q4*-1;2*+2. The van der Waals surface area contributed by atoms with Crippen LogP contribution < -0.4 is 19.8 Å². The van der Waals surface area contributed by atoms with Crippen molar-refractivity contribution in [2.24, 2.45) is 0 Å². The molecule has 0 fully saturated rings. The molecule has 0 saturated carbocycles. The van der Waals surface area contributed by atoms with Crippen LogP contribution in [0.1, 0.15) is 49.9 Å². The molecule has 10 heteroatoms. The molecule has 2 aliphatic carbocycles. The van der Waals surface area contributed by atoms with Crippen LogP contribution in [0.25, 0.3) is 88.6 Å². The van der Waals surface area contributed by atoms with Gasteiger partial charge in [-0.15, -0.1) is 58.7 Å². The fourth-order valence-corrected chi connectivity index (χ4v) is 10.4. The number of hydrogen-bond acceptors (Lipinski definition) is 6. The summed E-state index contributed by atoms with van der Waals surface area (Å²) in [5.74, 6) is 1.88. The van der Waals surface area contributed by atoms with Gasteiger partial charge in [0, 0.05) is 52.2 Å². The number of rotatable bonds is 4. The molecule has 6 aromatic heterocycles. The molecule has 8 nitrogen and oxygen atoms in total. The van der Waals surface area contributed by atoms with Crippen LogP contribution in [0.15, 0.2) is 194 Å². The summed E-state index contributed by atoms with van der Waals surface area (Å²) >= 11 is 0. The Morgan fingerprint density at radius 2 is 0.776 bits per heavy atom. The first-order valence-electron chi connectivity index (χ1n) is 25.0. The Balaban J connectivity index is 0.000000124. The second-order valence-corrected chi connectivity index (χ2v) is 20.2. The minimum absolute atomic E-state index is 0. The third-order valence-electron chi connectivity index (χ3n) is 14.4. The van der Waals surface area contributed by atoms with Crippen molar-refractivity contribution < 1.29 is 42.1 Å². The van der Waals surface area contributed by atoms with Gasteiger partial charge in [-0.1, -0.05) is 183 Å². The third-order valence-corrected chi connectivity index (χ3v) is 14.4. The van der Waals surface area contributed by atoms with Crippen LogP contribution in [0.2, 0.25) is 0 Å². The van der Waals surface area contributed by atoms with Gasteiger partial charge in [-0.2, -0.15) is 0 Å². The fourth-order valence-electron chi connectivity index (χ4n) is 10.4.